The van der Waals surface area contributed by atoms with Crippen LogP contribution in [0.15, 0.2) is 35.1 Å². The number of anilines is 1. The third-order valence-corrected chi connectivity index (χ3v) is 2.41. The second-order valence-corrected chi connectivity index (χ2v) is 3.74. The Bertz CT molecular complexity index is 554. The zero-order valence-corrected chi connectivity index (χ0v) is 9.55. The molecule has 18 heavy (non-hydrogen) atoms. The van der Waals surface area contributed by atoms with Crippen molar-refractivity contribution in [1.29, 1.82) is 0 Å². The van der Waals surface area contributed by atoms with Crippen molar-refractivity contribution in [2.75, 3.05) is 5.32 Å². The van der Waals surface area contributed by atoms with Gasteiger partial charge in [0.2, 0.25) is 0 Å². The van der Waals surface area contributed by atoms with Gasteiger partial charge in [-0.15, -0.1) is 0 Å². The molecule has 1 unspecified atom stereocenters. The van der Waals surface area contributed by atoms with E-state index in [-0.39, 0.29) is 17.4 Å². The van der Waals surface area contributed by atoms with Crippen molar-refractivity contribution in [3.63, 3.8) is 0 Å². The molecule has 2 heterocycles. The number of carboxylic acid groups (broad SMARTS) is 1. The highest BCUT2D eigenvalue weighted by molar-refractivity contribution is 5.93. The number of aromatic nitrogens is 1. The monoisotopic (exact) mass is 250 g/mol. The summed E-state index contributed by atoms with van der Waals surface area (Å²) >= 11 is 0. The van der Waals surface area contributed by atoms with Gasteiger partial charge in [-0.1, -0.05) is 0 Å². The number of furan rings is 1. The van der Waals surface area contributed by atoms with Crippen molar-refractivity contribution in [1.82, 2.24) is 4.98 Å². The largest absolute Gasteiger partial charge is 0.478 e. The lowest BCUT2D eigenvalue weighted by atomic mass is 10.2. The molecule has 1 atom stereocenters. The molecule has 0 aliphatic carbocycles. The highest BCUT2D eigenvalue weighted by Crippen LogP contribution is 2.21. The van der Waals surface area contributed by atoms with E-state index in [1.54, 1.807) is 19.1 Å². The maximum atomic E-state index is 12.9. The quantitative estimate of drug-likeness (QED) is 0.872. The summed E-state index contributed by atoms with van der Waals surface area (Å²) in [5.41, 5.74) is -0.214. The van der Waals surface area contributed by atoms with Gasteiger partial charge in [-0.3, -0.25) is 0 Å². The first-order valence-electron chi connectivity index (χ1n) is 5.26. The van der Waals surface area contributed by atoms with Crippen LogP contribution in [0.4, 0.5) is 10.2 Å². The van der Waals surface area contributed by atoms with Gasteiger partial charge in [0.25, 0.3) is 0 Å². The van der Waals surface area contributed by atoms with E-state index in [1.165, 1.54) is 6.26 Å². The van der Waals surface area contributed by atoms with Gasteiger partial charge in [0.05, 0.1) is 18.5 Å². The molecule has 94 valence electrons. The van der Waals surface area contributed by atoms with Gasteiger partial charge >= 0.3 is 5.97 Å². The number of hydrogen-bond donors (Lipinski definition) is 2. The van der Waals surface area contributed by atoms with Crippen LogP contribution in [-0.2, 0) is 0 Å². The molecule has 0 radical (unpaired) electrons. The van der Waals surface area contributed by atoms with Gasteiger partial charge < -0.3 is 14.8 Å². The topological polar surface area (TPSA) is 75.4 Å². The average molecular weight is 250 g/mol. The fourth-order valence-electron chi connectivity index (χ4n) is 1.53. The van der Waals surface area contributed by atoms with Crippen molar-refractivity contribution < 1.29 is 18.7 Å². The van der Waals surface area contributed by atoms with Crippen molar-refractivity contribution in [3.8, 4) is 0 Å². The van der Waals surface area contributed by atoms with E-state index in [0.717, 1.165) is 12.3 Å². The van der Waals surface area contributed by atoms with Crippen molar-refractivity contribution in [2.24, 2.45) is 0 Å². The number of carbonyl (C=O) groups is 1. The second-order valence-electron chi connectivity index (χ2n) is 3.74. The lowest BCUT2D eigenvalue weighted by Gasteiger charge is -2.13. The molecule has 0 saturated carbocycles. The Labute approximate surface area is 102 Å². The molecule has 0 amide bonds. The van der Waals surface area contributed by atoms with Gasteiger partial charge in [-0.2, -0.15) is 0 Å². The number of pyridine rings is 1. The molecular formula is C12H11FN2O3. The Balaban J connectivity index is 2.26. The molecule has 6 heteroatoms. The van der Waals surface area contributed by atoms with Crippen LogP contribution in [0.25, 0.3) is 0 Å². The molecular weight excluding hydrogens is 239 g/mol. The highest BCUT2D eigenvalue weighted by atomic mass is 19.1. The van der Waals surface area contributed by atoms with Crippen LogP contribution in [0.2, 0.25) is 0 Å². The minimum atomic E-state index is -1.24. The number of halogens is 1. The molecule has 0 aliphatic rings. The molecule has 0 aliphatic heterocycles. The summed E-state index contributed by atoms with van der Waals surface area (Å²) in [4.78, 5) is 14.7. The molecule has 2 N–H and O–H groups in total. The summed E-state index contributed by atoms with van der Waals surface area (Å²) in [5, 5.41) is 11.8. The van der Waals surface area contributed by atoms with Crippen molar-refractivity contribution in [3.05, 3.63) is 47.8 Å². The van der Waals surface area contributed by atoms with Gasteiger partial charge in [0.15, 0.2) is 0 Å². The van der Waals surface area contributed by atoms with Gasteiger partial charge in [-0.05, 0) is 25.1 Å². The number of rotatable bonds is 4. The summed E-state index contributed by atoms with van der Waals surface area (Å²) in [6.45, 7) is 1.79. The predicted octanol–water partition coefficient (Wildman–Crippen LogP) is 2.69. The Kier molecular flexibility index (Phi) is 3.27. The average Bonchev–Trinajstić information content (AvgIpc) is 2.84. The third kappa shape index (κ3) is 2.48. The fraction of sp³-hybridized carbons (Fsp3) is 0.167. The van der Waals surface area contributed by atoms with Crippen LogP contribution in [0.5, 0.6) is 0 Å². The van der Waals surface area contributed by atoms with E-state index in [0.29, 0.717) is 5.76 Å². The van der Waals surface area contributed by atoms with E-state index in [4.69, 9.17) is 9.52 Å². The first-order chi connectivity index (χ1) is 8.58. The molecule has 2 aromatic heterocycles. The molecule has 0 aromatic carbocycles. The Hall–Kier alpha value is -2.37. The lowest BCUT2D eigenvalue weighted by Crippen LogP contribution is -2.12. The number of nitrogens with zero attached hydrogens (tertiary/aromatic N) is 1. The number of aromatic carboxylic acids is 1. The zero-order chi connectivity index (χ0) is 13.1. The van der Waals surface area contributed by atoms with Gasteiger partial charge in [0.1, 0.15) is 23.0 Å². The van der Waals surface area contributed by atoms with Crippen LogP contribution in [0.1, 0.15) is 29.1 Å². The van der Waals surface area contributed by atoms with Crippen LogP contribution in [0, 0.1) is 5.82 Å². The summed E-state index contributed by atoms with van der Waals surface area (Å²) in [6.07, 6.45) is 2.48. The molecule has 0 spiro atoms. The molecule has 5 nitrogen and oxygen atoms in total. The SMILES string of the molecule is CC(Nc1ncc(F)cc1C(=O)O)c1ccco1. The Morgan fingerprint density at radius 2 is 2.39 bits per heavy atom. The first kappa shape index (κ1) is 12.1. The number of nitrogens with one attached hydrogen (secondary N) is 1. The first-order valence-corrected chi connectivity index (χ1v) is 5.26. The third-order valence-electron chi connectivity index (χ3n) is 2.41. The van der Waals surface area contributed by atoms with E-state index in [2.05, 4.69) is 10.3 Å². The highest BCUT2D eigenvalue weighted by Gasteiger charge is 2.16. The van der Waals surface area contributed by atoms with Gasteiger partial charge in [-0.25, -0.2) is 14.2 Å². The molecule has 0 saturated heterocycles. The Morgan fingerprint density at radius 3 is 3.00 bits per heavy atom. The summed E-state index contributed by atoms with van der Waals surface area (Å²) in [7, 11) is 0. The van der Waals surface area contributed by atoms with Crippen LogP contribution >= 0.6 is 0 Å². The zero-order valence-electron chi connectivity index (χ0n) is 9.55. The standard InChI is InChI=1S/C12H11FN2O3/c1-7(10-3-2-4-18-10)15-11-9(12(16)17)5-8(13)6-14-11/h2-7H,1H3,(H,14,15)(H,16,17). The molecule has 2 aromatic rings. The number of hydrogen-bond acceptors (Lipinski definition) is 4. The minimum absolute atomic E-state index is 0.104. The molecule has 0 fully saturated rings. The van der Waals surface area contributed by atoms with Crippen LogP contribution in [-0.4, -0.2) is 16.1 Å². The fourth-order valence-corrected chi connectivity index (χ4v) is 1.53. The predicted molar refractivity (Wildman–Crippen MR) is 61.9 cm³/mol. The summed E-state index contributed by atoms with van der Waals surface area (Å²) in [6, 6.07) is 4.13. The van der Waals surface area contributed by atoms with E-state index >= 15 is 0 Å². The Morgan fingerprint density at radius 1 is 1.61 bits per heavy atom. The van der Waals surface area contributed by atoms with E-state index in [9.17, 15) is 9.18 Å². The van der Waals surface area contributed by atoms with Crippen molar-refractivity contribution >= 4 is 11.8 Å². The minimum Gasteiger partial charge on any atom is -0.478 e. The summed E-state index contributed by atoms with van der Waals surface area (Å²) in [5.74, 6) is -1.19. The van der Waals surface area contributed by atoms with Crippen LogP contribution < -0.4 is 5.32 Å². The molecule has 0 bridgehead atoms. The van der Waals surface area contributed by atoms with Gasteiger partial charge in [0, 0.05) is 0 Å². The van der Waals surface area contributed by atoms with E-state index in [1.807, 2.05) is 0 Å². The number of carboxylic acids is 1. The van der Waals surface area contributed by atoms with Crippen molar-refractivity contribution in [2.45, 2.75) is 13.0 Å². The van der Waals surface area contributed by atoms with E-state index < -0.39 is 11.8 Å². The lowest BCUT2D eigenvalue weighted by molar-refractivity contribution is 0.0697. The normalized spacial score (nSPS) is 12.1. The van der Waals surface area contributed by atoms with Crippen LogP contribution in [0.3, 0.4) is 0 Å². The molecule has 2 rings (SSSR count). The maximum Gasteiger partial charge on any atom is 0.339 e. The summed E-state index contributed by atoms with van der Waals surface area (Å²) < 4.78 is 18.1. The maximum absolute atomic E-state index is 12.9. The second kappa shape index (κ2) is 4.87. The smallest absolute Gasteiger partial charge is 0.339 e.